The number of fused-ring (bicyclic) bond motifs is 2. The third kappa shape index (κ3) is 1.69. The molecule has 0 saturated carbocycles. The average Bonchev–Trinajstić information content (AvgIpc) is 2.36. The molecule has 0 atom stereocenters. The Labute approximate surface area is 97.6 Å². The van der Waals surface area contributed by atoms with Crippen LogP contribution in [-0.4, -0.2) is 20.1 Å². The normalized spacial score (nSPS) is 10.6. The number of hydrogen-bond donors (Lipinski definition) is 3. The number of nitrogens with one attached hydrogen (secondary N) is 2. The fraction of sp³-hybridized carbons (Fsp3) is 0. The number of pyridine rings is 2. The highest BCUT2D eigenvalue weighted by molar-refractivity contribution is 5.85. The van der Waals surface area contributed by atoms with Crippen molar-refractivity contribution in [3.8, 4) is 17.3 Å². The van der Waals surface area contributed by atoms with Crippen molar-refractivity contribution in [2.45, 2.75) is 0 Å². The second-order valence-corrected chi connectivity index (χ2v) is 3.77. The van der Waals surface area contributed by atoms with E-state index in [4.69, 9.17) is 0 Å². The first-order valence-electron chi connectivity index (χ1n) is 5.31. The molecule has 0 unspecified atom stereocenters. The lowest BCUT2D eigenvalue weighted by Gasteiger charge is -2.05. The molecule has 2 aliphatic rings. The molecule has 0 aromatic carbocycles. The number of nitrogens with zero attached hydrogens (tertiary/aromatic N) is 1. The monoisotopic (exact) mass is 225 g/mol. The predicted octanol–water partition coefficient (Wildman–Crippen LogP) is 2.83. The van der Waals surface area contributed by atoms with Gasteiger partial charge in [0.05, 0.1) is 11.4 Å². The van der Waals surface area contributed by atoms with E-state index in [9.17, 15) is 5.11 Å². The standard InChI is InChI=1S/C13H11N3O/c17-13-10-5-7-14-8-9(10)3-4-11-12(16-13)2-1-6-15-11/h1-8,15-17H. The van der Waals surface area contributed by atoms with Crippen molar-refractivity contribution in [2.75, 3.05) is 0 Å². The lowest BCUT2D eigenvalue weighted by Crippen LogP contribution is -1.87. The molecule has 0 fully saturated rings. The van der Waals surface area contributed by atoms with E-state index in [0.29, 0.717) is 0 Å². The first-order valence-corrected chi connectivity index (χ1v) is 5.31. The molecule has 0 saturated heterocycles. The predicted molar refractivity (Wildman–Crippen MR) is 66.4 cm³/mol. The Kier molecular flexibility index (Phi) is 2.19. The minimum absolute atomic E-state index is 0.132. The molecular formula is C13H11N3O. The second kappa shape index (κ2) is 3.83. The van der Waals surface area contributed by atoms with Gasteiger partial charge >= 0.3 is 0 Å². The van der Waals surface area contributed by atoms with E-state index in [1.807, 2.05) is 30.5 Å². The van der Waals surface area contributed by atoms with Crippen molar-refractivity contribution in [3.63, 3.8) is 0 Å². The van der Waals surface area contributed by atoms with Gasteiger partial charge in [-0.2, -0.15) is 0 Å². The third-order valence-electron chi connectivity index (χ3n) is 2.68. The molecule has 3 rings (SSSR count). The molecule has 1 aromatic rings. The lowest BCUT2D eigenvalue weighted by atomic mass is 10.2. The Morgan fingerprint density at radius 1 is 1.06 bits per heavy atom. The molecule has 4 heteroatoms. The Bertz CT molecular complexity index is 682. The number of H-pyrrole nitrogens is 2. The van der Waals surface area contributed by atoms with Crippen LogP contribution >= 0.6 is 0 Å². The van der Waals surface area contributed by atoms with Gasteiger partial charge in [-0.25, -0.2) is 0 Å². The molecule has 2 aliphatic heterocycles. The molecule has 4 nitrogen and oxygen atoms in total. The van der Waals surface area contributed by atoms with E-state index < -0.39 is 0 Å². The summed E-state index contributed by atoms with van der Waals surface area (Å²) in [5, 5.41) is 11.7. The van der Waals surface area contributed by atoms with Crippen LogP contribution in [-0.2, 0) is 0 Å². The van der Waals surface area contributed by atoms with Crippen LogP contribution in [0.25, 0.3) is 22.2 Å². The molecule has 0 aliphatic carbocycles. The van der Waals surface area contributed by atoms with Gasteiger partial charge in [0.2, 0.25) is 0 Å². The van der Waals surface area contributed by atoms with Crippen molar-refractivity contribution in [1.82, 2.24) is 15.0 Å². The summed E-state index contributed by atoms with van der Waals surface area (Å²) in [5.41, 5.74) is 1.75. The van der Waals surface area contributed by atoms with Crippen LogP contribution < -0.4 is 0 Å². The van der Waals surface area contributed by atoms with Gasteiger partial charge in [-0.1, -0.05) is 6.07 Å². The van der Waals surface area contributed by atoms with Crippen LogP contribution in [0.3, 0.4) is 0 Å². The van der Waals surface area contributed by atoms with Crippen LogP contribution in [0.1, 0.15) is 0 Å². The molecule has 0 spiro atoms. The summed E-state index contributed by atoms with van der Waals surface area (Å²) in [5.74, 6) is 0.132. The first-order chi connectivity index (χ1) is 8.34. The van der Waals surface area contributed by atoms with Crippen molar-refractivity contribution >= 4 is 10.8 Å². The number of aromatic hydroxyl groups is 1. The van der Waals surface area contributed by atoms with E-state index in [0.717, 1.165) is 22.2 Å². The minimum Gasteiger partial charge on any atom is -0.494 e. The molecule has 0 radical (unpaired) electrons. The number of hydrogen-bond acceptors (Lipinski definition) is 2. The Balaban J connectivity index is 2.48. The Hall–Kier alpha value is -2.49. The number of rotatable bonds is 0. The van der Waals surface area contributed by atoms with E-state index in [2.05, 4.69) is 15.0 Å². The van der Waals surface area contributed by atoms with Crippen molar-refractivity contribution in [2.24, 2.45) is 0 Å². The fourth-order valence-corrected chi connectivity index (χ4v) is 1.82. The molecule has 1 aromatic heterocycles. The maximum Gasteiger partial charge on any atom is 0.196 e. The van der Waals surface area contributed by atoms with Gasteiger partial charge in [-0.15, -0.1) is 0 Å². The zero-order valence-electron chi connectivity index (χ0n) is 9.01. The van der Waals surface area contributed by atoms with E-state index >= 15 is 0 Å². The van der Waals surface area contributed by atoms with Gasteiger partial charge in [-0.05, 0) is 24.3 Å². The molecule has 84 valence electrons. The maximum absolute atomic E-state index is 10.0. The van der Waals surface area contributed by atoms with Crippen LogP contribution in [0, 0.1) is 0 Å². The summed E-state index contributed by atoms with van der Waals surface area (Å²) < 4.78 is 0. The van der Waals surface area contributed by atoms with Crippen molar-refractivity contribution < 1.29 is 5.11 Å². The van der Waals surface area contributed by atoms with Gasteiger partial charge in [-0.3, -0.25) is 4.98 Å². The van der Waals surface area contributed by atoms with E-state index in [-0.39, 0.29) is 5.88 Å². The van der Waals surface area contributed by atoms with E-state index in [1.165, 1.54) is 0 Å². The molecule has 3 heterocycles. The topological polar surface area (TPSA) is 64.7 Å². The Morgan fingerprint density at radius 2 is 2.00 bits per heavy atom. The summed E-state index contributed by atoms with van der Waals surface area (Å²) >= 11 is 0. The van der Waals surface area contributed by atoms with Crippen LogP contribution in [0.15, 0.2) is 48.9 Å². The summed E-state index contributed by atoms with van der Waals surface area (Å²) in [7, 11) is 0. The summed E-state index contributed by atoms with van der Waals surface area (Å²) in [4.78, 5) is 10.1. The molecule has 0 bridgehead atoms. The second-order valence-electron chi connectivity index (χ2n) is 3.77. The largest absolute Gasteiger partial charge is 0.494 e. The lowest BCUT2D eigenvalue weighted by molar-refractivity contribution is 0.461. The SMILES string of the molecule is Oc1[nH]c2ccc[nH]c-2ccc2cnccc12. The van der Waals surface area contributed by atoms with Crippen LogP contribution in [0.2, 0.25) is 0 Å². The summed E-state index contributed by atoms with van der Waals surface area (Å²) in [6.07, 6.45) is 5.22. The van der Waals surface area contributed by atoms with Gasteiger partial charge in [0.25, 0.3) is 0 Å². The smallest absolute Gasteiger partial charge is 0.196 e. The van der Waals surface area contributed by atoms with Gasteiger partial charge in [0.1, 0.15) is 0 Å². The zero-order chi connectivity index (χ0) is 11.7. The van der Waals surface area contributed by atoms with Crippen molar-refractivity contribution in [3.05, 3.63) is 48.9 Å². The molecule has 17 heavy (non-hydrogen) atoms. The van der Waals surface area contributed by atoms with Crippen LogP contribution in [0.4, 0.5) is 0 Å². The quantitative estimate of drug-likeness (QED) is 0.550. The van der Waals surface area contributed by atoms with E-state index in [1.54, 1.807) is 18.5 Å². The highest BCUT2D eigenvalue weighted by Crippen LogP contribution is 2.23. The van der Waals surface area contributed by atoms with Gasteiger partial charge in [0, 0.05) is 29.4 Å². The fourth-order valence-electron chi connectivity index (χ4n) is 1.82. The number of aromatic nitrogens is 3. The molecular weight excluding hydrogens is 214 g/mol. The maximum atomic E-state index is 10.0. The van der Waals surface area contributed by atoms with Gasteiger partial charge < -0.3 is 15.1 Å². The third-order valence-corrected chi connectivity index (χ3v) is 2.68. The summed E-state index contributed by atoms with van der Waals surface area (Å²) in [6.45, 7) is 0. The summed E-state index contributed by atoms with van der Waals surface area (Å²) in [6, 6.07) is 9.43. The minimum atomic E-state index is 0.132. The molecule has 3 N–H and O–H groups in total. The first kappa shape index (κ1) is 9.72. The number of aromatic amines is 2. The highest BCUT2D eigenvalue weighted by atomic mass is 16.3. The van der Waals surface area contributed by atoms with Crippen LogP contribution in [0.5, 0.6) is 5.88 Å². The zero-order valence-corrected chi connectivity index (χ0v) is 9.01. The van der Waals surface area contributed by atoms with Crippen molar-refractivity contribution in [1.29, 1.82) is 0 Å². The highest BCUT2D eigenvalue weighted by Gasteiger charge is 2.01. The average molecular weight is 225 g/mol. The van der Waals surface area contributed by atoms with Gasteiger partial charge in [0.15, 0.2) is 5.88 Å². The molecule has 0 amide bonds. The Morgan fingerprint density at radius 3 is 2.94 bits per heavy atom.